The Balaban J connectivity index is 2.23. The molecule has 7 heteroatoms. The van der Waals surface area contributed by atoms with Gasteiger partial charge in [0.25, 0.3) is 5.91 Å². The van der Waals surface area contributed by atoms with Gasteiger partial charge < -0.3 is 25.4 Å². The second-order valence-corrected chi connectivity index (χ2v) is 5.10. The van der Waals surface area contributed by atoms with Crippen LogP contribution < -0.4 is 5.32 Å². The number of hydrogen-bond donors (Lipinski definition) is 4. The highest BCUT2D eigenvalue weighted by atomic mass is 16.5. The molecule has 1 atom stereocenters. The number of ether oxygens (including phenoxy) is 1. The molecule has 0 spiro atoms. The predicted molar refractivity (Wildman–Crippen MR) is 84.9 cm³/mol. The van der Waals surface area contributed by atoms with Gasteiger partial charge in [-0.1, -0.05) is 30.3 Å². The highest BCUT2D eigenvalue weighted by molar-refractivity contribution is 6.01. The van der Waals surface area contributed by atoms with Crippen LogP contribution in [-0.2, 0) is 16.0 Å². The number of methoxy groups -OCH3 is 1. The van der Waals surface area contributed by atoms with Crippen molar-refractivity contribution in [2.75, 3.05) is 7.11 Å². The van der Waals surface area contributed by atoms with Crippen LogP contribution in [0.4, 0.5) is 0 Å². The van der Waals surface area contributed by atoms with Crippen molar-refractivity contribution in [3.8, 4) is 17.2 Å². The molecule has 2 aromatic carbocycles. The third-order valence-electron chi connectivity index (χ3n) is 3.38. The number of esters is 1. The van der Waals surface area contributed by atoms with Crippen LogP contribution >= 0.6 is 0 Å². The molecule has 0 aliphatic rings. The number of benzene rings is 2. The molecular formula is C17H17NO6. The summed E-state index contributed by atoms with van der Waals surface area (Å²) in [4.78, 5) is 24.2. The molecular weight excluding hydrogens is 314 g/mol. The van der Waals surface area contributed by atoms with Gasteiger partial charge in [0.05, 0.1) is 7.11 Å². The maximum Gasteiger partial charge on any atom is 0.328 e. The first-order chi connectivity index (χ1) is 11.4. The molecule has 24 heavy (non-hydrogen) atoms. The van der Waals surface area contributed by atoms with E-state index in [0.717, 1.165) is 17.7 Å². The second kappa shape index (κ2) is 7.36. The molecule has 126 valence electrons. The fraction of sp³-hybridized carbons (Fsp3) is 0.176. The highest BCUT2D eigenvalue weighted by Gasteiger charge is 2.26. The van der Waals surface area contributed by atoms with E-state index in [-0.39, 0.29) is 6.42 Å². The average Bonchev–Trinajstić information content (AvgIpc) is 2.53. The average molecular weight is 331 g/mol. The van der Waals surface area contributed by atoms with E-state index in [2.05, 4.69) is 10.1 Å². The van der Waals surface area contributed by atoms with Crippen molar-refractivity contribution in [3.63, 3.8) is 0 Å². The number of hydrogen-bond acceptors (Lipinski definition) is 6. The van der Waals surface area contributed by atoms with Gasteiger partial charge in [-0.05, 0) is 5.56 Å². The minimum atomic E-state index is -1.00. The quantitative estimate of drug-likeness (QED) is 0.614. The summed E-state index contributed by atoms with van der Waals surface area (Å²) in [6, 6.07) is 9.82. The summed E-state index contributed by atoms with van der Waals surface area (Å²) in [5.74, 6) is -3.13. The first-order valence-electron chi connectivity index (χ1n) is 7.10. The summed E-state index contributed by atoms with van der Waals surface area (Å²) in [7, 11) is 1.20. The minimum absolute atomic E-state index is 0.179. The molecule has 0 aliphatic heterocycles. The summed E-state index contributed by atoms with van der Waals surface area (Å²) in [6.45, 7) is 0. The summed E-state index contributed by atoms with van der Waals surface area (Å²) >= 11 is 0. The van der Waals surface area contributed by atoms with Crippen LogP contribution in [0.25, 0.3) is 0 Å². The zero-order valence-corrected chi connectivity index (χ0v) is 12.9. The van der Waals surface area contributed by atoms with Crippen LogP contribution in [0.2, 0.25) is 0 Å². The van der Waals surface area contributed by atoms with Gasteiger partial charge in [-0.25, -0.2) is 4.79 Å². The van der Waals surface area contributed by atoms with Gasteiger partial charge >= 0.3 is 5.97 Å². The van der Waals surface area contributed by atoms with E-state index in [1.54, 1.807) is 24.3 Å². The van der Waals surface area contributed by atoms with Gasteiger partial charge in [0, 0.05) is 18.6 Å². The fourth-order valence-corrected chi connectivity index (χ4v) is 2.25. The van der Waals surface area contributed by atoms with Crippen LogP contribution in [-0.4, -0.2) is 40.3 Å². The van der Waals surface area contributed by atoms with E-state index in [1.807, 2.05) is 6.07 Å². The van der Waals surface area contributed by atoms with Crippen molar-refractivity contribution >= 4 is 11.9 Å². The van der Waals surface area contributed by atoms with Crippen molar-refractivity contribution in [2.45, 2.75) is 12.5 Å². The summed E-state index contributed by atoms with van der Waals surface area (Å²) in [5, 5.41) is 31.2. The van der Waals surface area contributed by atoms with Gasteiger partial charge in [0.1, 0.15) is 28.9 Å². The monoisotopic (exact) mass is 331 g/mol. The van der Waals surface area contributed by atoms with E-state index in [0.29, 0.717) is 0 Å². The van der Waals surface area contributed by atoms with Crippen LogP contribution in [0.1, 0.15) is 15.9 Å². The zero-order valence-electron chi connectivity index (χ0n) is 12.9. The lowest BCUT2D eigenvalue weighted by Crippen LogP contribution is -2.43. The lowest BCUT2D eigenvalue weighted by Gasteiger charge is -2.17. The fourth-order valence-electron chi connectivity index (χ4n) is 2.25. The maximum absolute atomic E-state index is 12.3. The predicted octanol–water partition coefficient (Wildman–Crippen LogP) is 1.32. The third-order valence-corrected chi connectivity index (χ3v) is 3.38. The van der Waals surface area contributed by atoms with Crippen molar-refractivity contribution in [1.82, 2.24) is 5.32 Å². The Labute approximate surface area is 138 Å². The second-order valence-electron chi connectivity index (χ2n) is 5.10. The van der Waals surface area contributed by atoms with E-state index in [1.165, 1.54) is 7.11 Å². The standard InChI is InChI=1S/C17H17NO6/c1-24-17(23)12(7-10-5-3-2-4-6-10)18-16(22)15-13(20)8-11(19)9-14(15)21/h2-6,8-9,12,19-21H,7H2,1H3,(H,18,22)/t12-/m0/s1. The largest absolute Gasteiger partial charge is 0.508 e. The molecule has 2 aromatic rings. The molecule has 0 fully saturated rings. The van der Waals surface area contributed by atoms with Crippen LogP contribution in [0.15, 0.2) is 42.5 Å². The van der Waals surface area contributed by atoms with Gasteiger partial charge in [-0.2, -0.15) is 0 Å². The first-order valence-corrected chi connectivity index (χ1v) is 7.10. The number of rotatable bonds is 5. The van der Waals surface area contributed by atoms with Crippen LogP contribution in [0.3, 0.4) is 0 Å². The lowest BCUT2D eigenvalue weighted by molar-refractivity contribution is -0.142. The molecule has 4 N–H and O–H groups in total. The van der Waals surface area contributed by atoms with Crippen molar-refractivity contribution in [3.05, 3.63) is 53.6 Å². The Morgan fingerprint density at radius 2 is 1.67 bits per heavy atom. The third kappa shape index (κ3) is 3.95. The first kappa shape index (κ1) is 17.1. The molecule has 7 nitrogen and oxygen atoms in total. The topological polar surface area (TPSA) is 116 Å². The Hall–Kier alpha value is -3.22. The van der Waals surface area contributed by atoms with E-state index in [9.17, 15) is 24.9 Å². The van der Waals surface area contributed by atoms with E-state index >= 15 is 0 Å². The lowest BCUT2D eigenvalue weighted by atomic mass is 10.0. The molecule has 0 saturated carbocycles. The van der Waals surface area contributed by atoms with E-state index < -0.39 is 40.7 Å². The van der Waals surface area contributed by atoms with Gasteiger partial charge in [-0.15, -0.1) is 0 Å². The molecule has 0 aliphatic carbocycles. The maximum atomic E-state index is 12.3. The SMILES string of the molecule is COC(=O)[C@H](Cc1ccccc1)NC(=O)c1c(O)cc(O)cc1O. The van der Waals surface area contributed by atoms with Gasteiger partial charge in [0.2, 0.25) is 0 Å². The Morgan fingerprint density at radius 3 is 2.21 bits per heavy atom. The molecule has 1 amide bonds. The van der Waals surface area contributed by atoms with Crippen molar-refractivity contribution < 1.29 is 29.6 Å². The van der Waals surface area contributed by atoms with Gasteiger partial charge in [0.15, 0.2) is 0 Å². The van der Waals surface area contributed by atoms with Gasteiger partial charge in [-0.3, -0.25) is 4.79 Å². The summed E-state index contributed by atoms with van der Waals surface area (Å²) < 4.78 is 4.68. The van der Waals surface area contributed by atoms with Crippen LogP contribution in [0, 0.1) is 0 Å². The van der Waals surface area contributed by atoms with E-state index in [4.69, 9.17) is 0 Å². The molecule has 0 radical (unpaired) electrons. The number of phenols is 3. The number of nitrogens with one attached hydrogen (secondary N) is 1. The Morgan fingerprint density at radius 1 is 1.08 bits per heavy atom. The molecule has 0 aromatic heterocycles. The molecule has 2 rings (SSSR count). The number of amides is 1. The van der Waals surface area contributed by atoms with Crippen molar-refractivity contribution in [1.29, 1.82) is 0 Å². The van der Waals surface area contributed by atoms with Crippen LogP contribution in [0.5, 0.6) is 17.2 Å². The highest BCUT2D eigenvalue weighted by Crippen LogP contribution is 2.31. The minimum Gasteiger partial charge on any atom is -0.508 e. The van der Waals surface area contributed by atoms with Crippen molar-refractivity contribution in [2.24, 2.45) is 0 Å². The normalized spacial score (nSPS) is 11.5. The number of phenolic OH excluding ortho intramolecular Hbond substituents is 3. The number of carbonyl (C=O) groups excluding carboxylic acids is 2. The Kier molecular flexibility index (Phi) is 5.26. The zero-order chi connectivity index (χ0) is 17.7. The Bertz CT molecular complexity index is 721. The smallest absolute Gasteiger partial charge is 0.328 e. The molecule has 0 unspecified atom stereocenters. The summed E-state index contributed by atoms with van der Waals surface area (Å²) in [5.41, 5.74) is 0.363. The molecule has 0 heterocycles. The molecule has 0 bridgehead atoms. The molecule has 0 saturated heterocycles. The summed E-state index contributed by atoms with van der Waals surface area (Å²) in [6.07, 6.45) is 0.179. The number of aromatic hydroxyl groups is 3. The number of carbonyl (C=O) groups is 2.